The maximum absolute atomic E-state index is 12.3. The Labute approximate surface area is 123 Å². The minimum Gasteiger partial charge on any atom is -0.494 e. The maximum Gasteiger partial charge on any atom is 0.263 e. The minimum absolute atomic E-state index is 0.0423. The smallest absolute Gasteiger partial charge is 0.263 e. The number of hydrogen-bond acceptors (Lipinski definition) is 5. The van der Waals surface area contributed by atoms with Crippen molar-refractivity contribution in [1.29, 1.82) is 0 Å². The Kier molecular flexibility index (Phi) is 4.49. The van der Waals surface area contributed by atoms with E-state index in [1.54, 1.807) is 19.3 Å². The first kappa shape index (κ1) is 15.3. The lowest BCUT2D eigenvalue weighted by Gasteiger charge is -2.11. The summed E-state index contributed by atoms with van der Waals surface area (Å²) in [4.78, 5) is 0.0423. The molecule has 7 nitrogen and oxygen atoms in total. The van der Waals surface area contributed by atoms with Crippen molar-refractivity contribution in [2.75, 3.05) is 11.3 Å². The number of anilines is 1. The molecule has 0 aliphatic rings. The Hall–Kier alpha value is -2.06. The molecular weight excluding hydrogens is 294 g/mol. The zero-order chi connectivity index (χ0) is 15.5. The summed E-state index contributed by atoms with van der Waals surface area (Å²) in [5.74, 6) is 0.703. The highest BCUT2D eigenvalue weighted by Crippen LogP contribution is 2.24. The van der Waals surface area contributed by atoms with Crippen LogP contribution in [0.15, 0.2) is 35.4 Å². The summed E-state index contributed by atoms with van der Waals surface area (Å²) in [7, 11) is -2.06. The molecule has 2 N–H and O–H groups in total. The minimum atomic E-state index is -3.76. The molecular formula is C13H17N3O4S. The number of benzene rings is 1. The molecule has 0 fully saturated rings. The molecule has 0 spiro atoms. The first-order chi connectivity index (χ1) is 9.96. The molecule has 2 rings (SSSR count). The van der Waals surface area contributed by atoms with Crippen molar-refractivity contribution in [3.05, 3.63) is 36.0 Å². The molecule has 0 saturated carbocycles. The van der Waals surface area contributed by atoms with Gasteiger partial charge in [-0.3, -0.25) is 9.40 Å². The number of aromatic nitrogens is 2. The van der Waals surface area contributed by atoms with Gasteiger partial charge in [-0.1, -0.05) is 0 Å². The van der Waals surface area contributed by atoms with Gasteiger partial charge in [0.05, 0.1) is 18.1 Å². The van der Waals surface area contributed by atoms with E-state index in [-0.39, 0.29) is 17.3 Å². The van der Waals surface area contributed by atoms with E-state index in [4.69, 9.17) is 4.74 Å². The van der Waals surface area contributed by atoms with E-state index in [1.165, 1.54) is 22.9 Å². The third kappa shape index (κ3) is 3.53. The highest BCUT2D eigenvalue weighted by Gasteiger charge is 2.17. The average molecular weight is 311 g/mol. The van der Waals surface area contributed by atoms with Gasteiger partial charge in [0.25, 0.3) is 10.0 Å². The van der Waals surface area contributed by atoms with E-state index in [2.05, 4.69) is 9.82 Å². The van der Waals surface area contributed by atoms with Gasteiger partial charge in [-0.25, -0.2) is 8.42 Å². The average Bonchev–Trinajstić information content (AvgIpc) is 2.84. The number of hydrogen-bond donors (Lipinski definition) is 2. The van der Waals surface area contributed by atoms with E-state index in [0.29, 0.717) is 17.9 Å². The summed E-state index contributed by atoms with van der Waals surface area (Å²) in [6, 6.07) is 5.90. The lowest BCUT2D eigenvalue weighted by Crippen LogP contribution is -2.14. The van der Waals surface area contributed by atoms with Crippen LogP contribution in [0.25, 0.3) is 0 Å². The van der Waals surface area contributed by atoms with Gasteiger partial charge in [0.15, 0.2) is 5.82 Å². The number of aliphatic hydroxyl groups excluding tert-OH is 1. The Morgan fingerprint density at radius 1 is 1.38 bits per heavy atom. The first-order valence-corrected chi connectivity index (χ1v) is 7.83. The van der Waals surface area contributed by atoms with E-state index in [9.17, 15) is 13.5 Å². The van der Waals surface area contributed by atoms with Crippen LogP contribution in [0.3, 0.4) is 0 Å². The van der Waals surface area contributed by atoms with E-state index >= 15 is 0 Å². The number of nitrogens with one attached hydrogen (secondary N) is 1. The van der Waals surface area contributed by atoms with E-state index < -0.39 is 10.0 Å². The number of rotatable bonds is 6. The lowest BCUT2D eigenvalue weighted by molar-refractivity contribution is 0.266. The van der Waals surface area contributed by atoms with Crippen LogP contribution in [-0.2, 0) is 23.7 Å². The highest BCUT2D eigenvalue weighted by atomic mass is 32.2. The molecule has 0 radical (unpaired) electrons. The van der Waals surface area contributed by atoms with Gasteiger partial charge in [0.1, 0.15) is 5.75 Å². The predicted octanol–water partition coefficient (Wildman–Crippen LogP) is 1.11. The Balaban J connectivity index is 2.31. The van der Waals surface area contributed by atoms with Gasteiger partial charge in [-0.05, 0) is 25.1 Å². The maximum atomic E-state index is 12.3. The Morgan fingerprint density at radius 2 is 2.14 bits per heavy atom. The Morgan fingerprint density at radius 3 is 2.71 bits per heavy atom. The van der Waals surface area contributed by atoms with Gasteiger partial charge in [0, 0.05) is 24.9 Å². The van der Waals surface area contributed by atoms with Crippen LogP contribution >= 0.6 is 0 Å². The number of sulfonamides is 1. The van der Waals surface area contributed by atoms with Gasteiger partial charge < -0.3 is 9.84 Å². The number of nitrogens with zero attached hydrogens (tertiary/aromatic N) is 2. The SMILES string of the molecule is CCOc1ccc(S(=O)(=O)Nc2ccn(C)n2)cc1CO. The molecule has 1 aromatic heterocycles. The second-order valence-electron chi connectivity index (χ2n) is 4.34. The molecule has 0 unspecified atom stereocenters. The van der Waals surface area contributed by atoms with Crippen LogP contribution in [0.4, 0.5) is 5.82 Å². The van der Waals surface area contributed by atoms with Crippen LogP contribution < -0.4 is 9.46 Å². The lowest BCUT2D eigenvalue weighted by atomic mass is 10.2. The molecule has 0 aliphatic heterocycles. The summed E-state index contributed by atoms with van der Waals surface area (Å²) in [6.45, 7) is 1.95. The summed E-state index contributed by atoms with van der Waals surface area (Å²) in [5, 5.41) is 13.3. The fraction of sp³-hybridized carbons (Fsp3) is 0.308. The van der Waals surface area contributed by atoms with Crippen molar-refractivity contribution in [1.82, 2.24) is 9.78 Å². The van der Waals surface area contributed by atoms with Gasteiger partial charge in [0.2, 0.25) is 0 Å². The van der Waals surface area contributed by atoms with Gasteiger partial charge >= 0.3 is 0 Å². The molecule has 114 valence electrons. The zero-order valence-corrected chi connectivity index (χ0v) is 12.6. The van der Waals surface area contributed by atoms with Crippen LogP contribution in [0, 0.1) is 0 Å². The van der Waals surface area contributed by atoms with Crippen molar-refractivity contribution >= 4 is 15.8 Å². The number of aryl methyl sites for hydroxylation is 1. The van der Waals surface area contributed by atoms with E-state index in [1.807, 2.05) is 6.92 Å². The molecule has 1 aromatic carbocycles. The topological polar surface area (TPSA) is 93.5 Å². The van der Waals surface area contributed by atoms with Gasteiger partial charge in [-0.15, -0.1) is 0 Å². The predicted molar refractivity (Wildman–Crippen MR) is 77.6 cm³/mol. The van der Waals surface area contributed by atoms with Crippen LogP contribution in [-0.4, -0.2) is 29.9 Å². The fourth-order valence-electron chi connectivity index (χ4n) is 1.81. The molecule has 1 heterocycles. The van der Waals surface area contributed by atoms with Crippen LogP contribution in [0.5, 0.6) is 5.75 Å². The molecule has 0 aliphatic carbocycles. The summed E-state index contributed by atoms with van der Waals surface area (Å²) in [5.41, 5.74) is 0.417. The van der Waals surface area contributed by atoms with Crippen molar-refractivity contribution in [3.63, 3.8) is 0 Å². The Bertz CT molecular complexity index is 725. The summed E-state index contributed by atoms with van der Waals surface area (Å²) < 4.78 is 33.7. The summed E-state index contributed by atoms with van der Waals surface area (Å²) in [6.07, 6.45) is 1.63. The first-order valence-electron chi connectivity index (χ1n) is 6.35. The summed E-state index contributed by atoms with van der Waals surface area (Å²) >= 11 is 0. The highest BCUT2D eigenvalue weighted by molar-refractivity contribution is 7.92. The number of aliphatic hydroxyl groups is 1. The molecule has 0 amide bonds. The van der Waals surface area contributed by atoms with Crippen LogP contribution in [0.2, 0.25) is 0 Å². The molecule has 0 atom stereocenters. The third-order valence-corrected chi connectivity index (χ3v) is 4.12. The third-order valence-electron chi connectivity index (χ3n) is 2.76. The molecule has 0 saturated heterocycles. The van der Waals surface area contributed by atoms with E-state index in [0.717, 1.165) is 0 Å². The van der Waals surface area contributed by atoms with Crippen molar-refractivity contribution in [2.45, 2.75) is 18.4 Å². The normalized spacial score (nSPS) is 11.4. The van der Waals surface area contributed by atoms with Crippen molar-refractivity contribution in [3.8, 4) is 5.75 Å². The quantitative estimate of drug-likeness (QED) is 0.833. The zero-order valence-electron chi connectivity index (χ0n) is 11.8. The van der Waals surface area contributed by atoms with Crippen molar-refractivity contribution < 1.29 is 18.3 Å². The van der Waals surface area contributed by atoms with Crippen LogP contribution in [0.1, 0.15) is 12.5 Å². The monoisotopic (exact) mass is 311 g/mol. The number of ether oxygens (including phenoxy) is 1. The molecule has 8 heteroatoms. The molecule has 21 heavy (non-hydrogen) atoms. The fourth-order valence-corrected chi connectivity index (χ4v) is 2.86. The molecule has 2 aromatic rings. The second kappa shape index (κ2) is 6.15. The largest absolute Gasteiger partial charge is 0.494 e. The second-order valence-corrected chi connectivity index (χ2v) is 6.02. The molecule has 0 bridgehead atoms. The van der Waals surface area contributed by atoms with Crippen molar-refractivity contribution in [2.24, 2.45) is 7.05 Å². The standard InChI is InChI=1S/C13H17N3O4S/c1-3-20-12-5-4-11(8-10(12)9-17)21(18,19)15-13-6-7-16(2)14-13/h4-8,17H,3,9H2,1-2H3,(H,14,15). The van der Waals surface area contributed by atoms with Gasteiger partial charge in [-0.2, -0.15) is 5.10 Å².